The van der Waals surface area contributed by atoms with E-state index in [-0.39, 0.29) is 18.1 Å². The highest BCUT2D eigenvalue weighted by Crippen LogP contribution is 2.16. The van der Waals surface area contributed by atoms with E-state index in [1.54, 1.807) is 0 Å². The highest BCUT2D eigenvalue weighted by atomic mass is 16.5. The fraction of sp³-hybridized carbons (Fsp3) is 0.444. The van der Waals surface area contributed by atoms with E-state index in [9.17, 15) is 4.79 Å². The van der Waals surface area contributed by atoms with Crippen LogP contribution in [0.25, 0.3) is 0 Å². The minimum absolute atomic E-state index is 0.0558. The molecule has 1 amide bonds. The van der Waals surface area contributed by atoms with Gasteiger partial charge in [0, 0.05) is 31.4 Å². The summed E-state index contributed by atoms with van der Waals surface area (Å²) in [5.74, 6) is 1.97. The second kappa shape index (κ2) is 6.86. The van der Waals surface area contributed by atoms with Gasteiger partial charge in [-0.3, -0.25) is 4.79 Å². The van der Waals surface area contributed by atoms with Crippen LogP contribution in [0.2, 0.25) is 0 Å². The summed E-state index contributed by atoms with van der Waals surface area (Å²) in [6.45, 7) is 4.79. The van der Waals surface area contributed by atoms with Crippen LogP contribution in [-0.2, 0) is 24.2 Å². The molecule has 0 bridgehead atoms. The summed E-state index contributed by atoms with van der Waals surface area (Å²) in [7, 11) is 0. The molecule has 23 heavy (non-hydrogen) atoms. The van der Waals surface area contributed by atoms with Crippen molar-refractivity contribution in [3.05, 3.63) is 48.0 Å². The number of benzene rings is 1. The van der Waals surface area contributed by atoms with E-state index in [4.69, 9.17) is 4.74 Å². The van der Waals surface area contributed by atoms with Gasteiger partial charge in [0.05, 0.1) is 12.5 Å². The first-order valence-electron chi connectivity index (χ1n) is 8.15. The number of aromatic nitrogens is 2. The smallest absolute Gasteiger partial charge is 0.224 e. The number of aryl methyl sites for hydroxylation is 1. The molecule has 2 heterocycles. The van der Waals surface area contributed by atoms with Gasteiger partial charge < -0.3 is 14.6 Å². The maximum Gasteiger partial charge on any atom is 0.224 e. The van der Waals surface area contributed by atoms with Crippen LogP contribution in [-0.4, -0.2) is 27.6 Å². The molecule has 0 radical (unpaired) electrons. The zero-order valence-corrected chi connectivity index (χ0v) is 13.7. The van der Waals surface area contributed by atoms with Gasteiger partial charge in [0.1, 0.15) is 11.6 Å². The van der Waals surface area contributed by atoms with Crippen LogP contribution < -0.4 is 10.1 Å². The van der Waals surface area contributed by atoms with Crippen LogP contribution in [0.15, 0.2) is 36.7 Å². The van der Waals surface area contributed by atoms with Gasteiger partial charge in [-0.15, -0.1) is 0 Å². The fourth-order valence-corrected chi connectivity index (χ4v) is 2.95. The third-order valence-corrected chi connectivity index (χ3v) is 3.94. The number of nitrogens with one attached hydrogen (secondary N) is 1. The standard InChI is InChI=1S/C18H23N3O2/c1-13(2)23-16-5-3-4-14(10-16)11-18(22)20-15-6-7-17-19-8-9-21(17)12-15/h3-5,8-10,13,15H,6-7,11-12H2,1-2H3,(H,20,22). The van der Waals surface area contributed by atoms with Gasteiger partial charge in [0.15, 0.2) is 0 Å². The summed E-state index contributed by atoms with van der Waals surface area (Å²) in [4.78, 5) is 16.6. The number of imidazole rings is 1. The van der Waals surface area contributed by atoms with E-state index in [2.05, 4.69) is 14.9 Å². The van der Waals surface area contributed by atoms with Crippen molar-refractivity contribution in [2.45, 2.75) is 51.8 Å². The number of carbonyl (C=O) groups excluding carboxylic acids is 1. The third-order valence-electron chi connectivity index (χ3n) is 3.94. The quantitative estimate of drug-likeness (QED) is 0.922. The third kappa shape index (κ3) is 4.12. The summed E-state index contributed by atoms with van der Waals surface area (Å²) >= 11 is 0. The summed E-state index contributed by atoms with van der Waals surface area (Å²) in [5, 5.41) is 3.13. The Morgan fingerprint density at radius 2 is 2.35 bits per heavy atom. The normalized spacial score (nSPS) is 16.9. The van der Waals surface area contributed by atoms with Crippen molar-refractivity contribution in [1.29, 1.82) is 0 Å². The molecule has 3 rings (SSSR count). The highest BCUT2D eigenvalue weighted by molar-refractivity contribution is 5.79. The number of rotatable bonds is 5. The molecule has 0 aliphatic carbocycles. The second-order valence-corrected chi connectivity index (χ2v) is 6.29. The van der Waals surface area contributed by atoms with Crippen molar-refractivity contribution in [3.8, 4) is 5.75 Å². The van der Waals surface area contributed by atoms with Gasteiger partial charge in [0.2, 0.25) is 5.91 Å². The Kier molecular flexibility index (Phi) is 4.65. The number of fused-ring (bicyclic) bond motifs is 1. The van der Waals surface area contributed by atoms with Crippen molar-refractivity contribution in [1.82, 2.24) is 14.9 Å². The predicted molar refractivity (Wildman–Crippen MR) is 88.4 cm³/mol. The van der Waals surface area contributed by atoms with E-state index in [1.165, 1.54) is 0 Å². The number of carbonyl (C=O) groups is 1. The molecule has 1 aliphatic rings. The molecule has 1 atom stereocenters. The first kappa shape index (κ1) is 15.6. The average molecular weight is 313 g/mol. The lowest BCUT2D eigenvalue weighted by Crippen LogP contribution is -2.41. The van der Waals surface area contributed by atoms with E-state index >= 15 is 0 Å². The lowest BCUT2D eigenvalue weighted by atomic mass is 10.1. The van der Waals surface area contributed by atoms with Crippen molar-refractivity contribution in [3.63, 3.8) is 0 Å². The molecule has 0 saturated heterocycles. The molecule has 2 aromatic rings. The lowest BCUT2D eigenvalue weighted by Gasteiger charge is -2.24. The summed E-state index contributed by atoms with van der Waals surface area (Å²) in [5.41, 5.74) is 0.972. The van der Waals surface area contributed by atoms with Crippen LogP contribution in [0.4, 0.5) is 0 Å². The molecular weight excluding hydrogens is 290 g/mol. The Labute approximate surface area is 136 Å². The molecule has 0 saturated carbocycles. The van der Waals surface area contributed by atoms with Crippen molar-refractivity contribution in [2.75, 3.05) is 0 Å². The van der Waals surface area contributed by atoms with Crippen LogP contribution in [0.1, 0.15) is 31.7 Å². The van der Waals surface area contributed by atoms with Crippen molar-refractivity contribution < 1.29 is 9.53 Å². The maximum absolute atomic E-state index is 12.3. The molecule has 1 aromatic carbocycles. The summed E-state index contributed by atoms with van der Waals surface area (Å²) < 4.78 is 7.79. The number of ether oxygens (including phenoxy) is 1. The predicted octanol–water partition coefficient (Wildman–Crippen LogP) is 2.34. The Balaban J connectivity index is 1.55. The van der Waals surface area contributed by atoms with Crippen LogP contribution in [0, 0.1) is 0 Å². The zero-order chi connectivity index (χ0) is 16.2. The van der Waals surface area contributed by atoms with Gasteiger partial charge in [-0.1, -0.05) is 12.1 Å². The molecule has 0 spiro atoms. The number of hydrogen-bond acceptors (Lipinski definition) is 3. The summed E-state index contributed by atoms with van der Waals surface area (Å²) in [6.07, 6.45) is 6.16. The van der Waals surface area contributed by atoms with Gasteiger partial charge >= 0.3 is 0 Å². The van der Waals surface area contributed by atoms with Crippen molar-refractivity contribution in [2.24, 2.45) is 0 Å². The maximum atomic E-state index is 12.3. The second-order valence-electron chi connectivity index (χ2n) is 6.29. The largest absolute Gasteiger partial charge is 0.491 e. The lowest BCUT2D eigenvalue weighted by molar-refractivity contribution is -0.121. The Morgan fingerprint density at radius 3 is 3.17 bits per heavy atom. The topological polar surface area (TPSA) is 56.1 Å². The average Bonchev–Trinajstić information content (AvgIpc) is 2.94. The van der Waals surface area contributed by atoms with Gasteiger partial charge in [-0.25, -0.2) is 4.98 Å². The Hall–Kier alpha value is -2.30. The number of hydrogen-bond donors (Lipinski definition) is 1. The highest BCUT2D eigenvalue weighted by Gasteiger charge is 2.20. The monoisotopic (exact) mass is 313 g/mol. The minimum atomic E-state index is 0.0558. The number of nitrogens with zero attached hydrogens (tertiary/aromatic N) is 2. The molecule has 5 nitrogen and oxygen atoms in total. The molecule has 1 unspecified atom stereocenters. The van der Waals surface area contributed by atoms with Crippen molar-refractivity contribution >= 4 is 5.91 Å². The van der Waals surface area contributed by atoms with E-state index in [0.29, 0.717) is 6.42 Å². The molecule has 0 fully saturated rings. The molecule has 1 aromatic heterocycles. The zero-order valence-electron chi connectivity index (χ0n) is 13.7. The van der Waals surface area contributed by atoms with E-state index < -0.39 is 0 Å². The van der Waals surface area contributed by atoms with E-state index in [0.717, 1.165) is 36.5 Å². The van der Waals surface area contributed by atoms with Crippen LogP contribution in [0.5, 0.6) is 5.75 Å². The first-order valence-corrected chi connectivity index (χ1v) is 8.15. The van der Waals surface area contributed by atoms with Gasteiger partial charge in [-0.05, 0) is 38.0 Å². The molecule has 5 heteroatoms. The summed E-state index contributed by atoms with van der Waals surface area (Å²) in [6, 6.07) is 7.93. The Morgan fingerprint density at radius 1 is 1.48 bits per heavy atom. The number of amides is 1. The van der Waals surface area contributed by atoms with Crippen LogP contribution in [0.3, 0.4) is 0 Å². The minimum Gasteiger partial charge on any atom is -0.491 e. The molecular formula is C18H23N3O2. The van der Waals surface area contributed by atoms with E-state index in [1.807, 2.05) is 50.5 Å². The molecule has 122 valence electrons. The first-order chi connectivity index (χ1) is 11.1. The molecule has 1 aliphatic heterocycles. The SMILES string of the molecule is CC(C)Oc1cccc(CC(=O)NC2CCc3nccn3C2)c1. The Bertz CT molecular complexity index is 678. The molecule has 1 N–H and O–H groups in total. The van der Waals surface area contributed by atoms with Gasteiger partial charge in [0.25, 0.3) is 0 Å². The van der Waals surface area contributed by atoms with Gasteiger partial charge in [-0.2, -0.15) is 0 Å². The van der Waals surface area contributed by atoms with Crippen LogP contribution >= 0.6 is 0 Å². The fourth-order valence-electron chi connectivity index (χ4n) is 2.95.